The van der Waals surface area contributed by atoms with E-state index < -0.39 is 0 Å². The van der Waals surface area contributed by atoms with Crippen LogP contribution in [0, 0.1) is 0 Å². The van der Waals surface area contributed by atoms with Crippen molar-refractivity contribution < 1.29 is 4.79 Å². The first-order valence-corrected chi connectivity index (χ1v) is 4.70. The van der Waals surface area contributed by atoms with Gasteiger partial charge in [-0.05, 0) is 6.07 Å². The fourth-order valence-corrected chi connectivity index (χ4v) is 1.41. The van der Waals surface area contributed by atoms with E-state index in [1.165, 1.54) is 6.33 Å². The van der Waals surface area contributed by atoms with E-state index in [0.717, 1.165) is 11.8 Å². The van der Waals surface area contributed by atoms with Crippen LogP contribution in [0.2, 0.25) is 5.15 Å². The number of nitrogens with zero attached hydrogens (tertiary/aromatic N) is 2. The van der Waals surface area contributed by atoms with Crippen LogP contribution < -0.4 is 0 Å². The maximum Gasteiger partial charge on any atom is 0.150 e. The van der Waals surface area contributed by atoms with Crippen LogP contribution in [0.3, 0.4) is 0 Å². The summed E-state index contributed by atoms with van der Waals surface area (Å²) >= 11 is 5.75. The number of benzene rings is 1. The maximum absolute atomic E-state index is 10.6. The minimum absolute atomic E-state index is 0.386. The third-order valence-electron chi connectivity index (χ3n) is 1.95. The van der Waals surface area contributed by atoms with E-state index in [1.807, 2.05) is 6.07 Å². The lowest BCUT2D eigenvalue weighted by molar-refractivity contribution is 0.112. The topological polar surface area (TPSA) is 42.9 Å². The molecule has 0 spiro atoms. The minimum Gasteiger partial charge on any atom is -0.298 e. The van der Waals surface area contributed by atoms with E-state index in [1.54, 1.807) is 24.3 Å². The second kappa shape index (κ2) is 4.19. The molecule has 0 aliphatic heterocycles. The van der Waals surface area contributed by atoms with Crippen molar-refractivity contribution in [2.75, 3.05) is 0 Å². The van der Waals surface area contributed by atoms with Gasteiger partial charge in [0.2, 0.25) is 0 Å². The Bertz CT molecular complexity index is 499. The molecular weight excluding hydrogens is 212 g/mol. The number of aldehydes is 1. The van der Waals surface area contributed by atoms with Gasteiger partial charge in [0.25, 0.3) is 0 Å². The maximum atomic E-state index is 10.6. The number of aromatic nitrogens is 2. The lowest BCUT2D eigenvalue weighted by Gasteiger charge is -2.00. The van der Waals surface area contributed by atoms with Crippen molar-refractivity contribution in [2.45, 2.75) is 0 Å². The molecule has 1 aromatic heterocycles. The molecule has 0 amide bonds. The molecule has 0 unspecified atom stereocenters. The Kier molecular flexibility index (Phi) is 2.74. The molecule has 0 fully saturated rings. The molecule has 0 bridgehead atoms. The van der Waals surface area contributed by atoms with Crippen LogP contribution in [0.1, 0.15) is 10.4 Å². The lowest BCUT2D eigenvalue weighted by Crippen LogP contribution is -1.87. The summed E-state index contributed by atoms with van der Waals surface area (Å²) in [6.07, 6.45) is 2.19. The SMILES string of the molecule is O=Cc1cccc(-c2cc(Cl)ncn2)c1. The van der Waals surface area contributed by atoms with Crippen molar-refractivity contribution in [3.63, 3.8) is 0 Å². The molecule has 0 radical (unpaired) electrons. The molecule has 0 aliphatic rings. The fraction of sp³-hybridized carbons (Fsp3) is 0. The lowest BCUT2D eigenvalue weighted by atomic mass is 10.1. The second-order valence-corrected chi connectivity index (χ2v) is 3.36. The van der Waals surface area contributed by atoms with E-state index >= 15 is 0 Å². The molecule has 4 heteroatoms. The predicted molar refractivity (Wildman–Crippen MR) is 57.9 cm³/mol. The Balaban J connectivity index is 2.49. The summed E-state index contributed by atoms with van der Waals surface area (Å²) in [6.45, 7) is 0. The molecule has 74 valence electrons. The summed E-state index contributed by atoms with van der Waals surface area (Å²) < 4.78 is 0. The van der Waals surface area contributed by atoms with Gasteiger partial charge in [-0.2, -0.15) is 0 Å². The molecule has 2 aromatic rings. The highest BCUT2D eigenvalue weighted by molar-refractivity contribution is 6.29. The number of halogens is 1. The van der Waals surface area contributed by atoms with Gasteiger partial charge in [0, 0.05) is 17.2 Å². The number of carbonyl (C=O) groups is 1. The average Bonchev–Trinajstić information content (AvgIpc) is 2.29. The second-order valence-electron chi connectivity index (χ2n) is 2.97. The van der Waals surface area contributed by atoms with Gasteiger partial charge in [-0.3, -0.25) is 4.79 Å². The number of rotatable bonds is 2. The van der Waals surface area contributed by atoms with Gasteiger partial charge >= 0.3 is 0 Å². The molecule has 0 N–H and O–H groups in total. The quantitative estimate of drug-likeness (QED) is 0.575. The van der Waals surface area contributed by atoms with Crippen LogP contribution in [0.15, 0.2) is 36.7 Å². The Hall–Kier alpha value is -1.74. The average molecular weight is 219 g/mol. The van der Waals surface area contributed by atoms with Crippen molar-refractivity contribution in [1.82, 2.24) is 9.97 Å². The molecule has 1 heterocycles. The van der Waals surface area contributed by atoms with Crippen LogP contribution in [0.25, 0.3) is 11.3 Å². The molecule has 0 aliphatic carbocycles. The van der Waals surface area contributed by atoms with Crippen LogP contribution in [0.5, 0.6) is 0 Å². The molecule has 15 heavy (non-hydrogen) atoms. The largest absolute Gasteiger partial charge is 0.298 e. The van der Waals surface area contributed by atoms with E-state index in [-0.39, 0.29) is 0 Å². The Labute approximate surface area is 91.8 Å². The zero-order chi connectivity index (χ0) is 10.7. The van der Waals surface area contributed by atoms with E-state index in [2.05, 4.69) is 9.97 Å². The third-order valence-corrected chi connectivity index (χ3v) is 2.16. The zero-order valence-corrected chi connectivity index (χ0v) is 8.48. The molecule has 0 saturated carbocycles. The van der Waals surface area contributed by atoms with Gasteiger partial charge in [0.15, 0.2) is 0 Å². The Morgan fingerprint density at radius 2 is 2.07 bits per heavy atom. The Morgan fingerprint density at radius 1 is 1.20 bits per heavy atom. The zero-order valence-electron chi connectivity index (χ0n) is 7.72. The van der Waals surface area contributed by atoms with E-state index in [4.69, 9.17) is 11.6 Å². The first-order chi connectivity index (χ1) is 7.29. The van der Waals surface area contributed by atoms with Crippen LogP contribution in [-0.2, 0) is 0 Å². The highest BCUT2D eigenvalue weighted by Crippen LogP contribution is 2.19. The van der Waals surface area contributed by atoms with Crippen LogP contribution in [0.4, 0.5) is 0 Å². The number of carbonyl (C=O) groups excluding carboxylic acids is 1. The number of hydrogen-bond acceptors (Lipinski definition) is 3. The summed E-state index contributed by atoms with van der Waals surface area (Å²) in [4.78, 5) is 18.5. The monoisotopic (exact) mass is 218 g/mol. The summed E-state index contributed by atoms with van der Waals surface area (Å²) in [5.41, 5.74) is 2.17. The molecule has 0 saturated heterocycles. The molecular formula is C11H7ClN2O. The van der Waals surface area contributed by atoms with E-state index in [0.29, 0.717) is 16.4 Å². The van der Waals surface area contributed by atoms with Gasteiger partial charge in [-0.1, -0.05) is 29.8 Å². The first-order valence-electron chi connectivity index (χ1n) is 4.33. The molecule has 0 atom stereocenters. The van der Waals surface area contributed by atoms with Gasteiger partial charge < -0.3 is 0 Å². The van der Waals surface area contributed by atoms with Crippen molar-refractivity contribution in [3.8, 4) is 11.3 Å². The van der Waals surface area contributed by atoms with Gasteiger partial charge in [0.05, 0.1) is 5.69 Å². The highest BCUT2D eigenvalue weighted by atomic mass is 35.5. The van der Waals surface area contributed by atoms with Gasteiger partial charge in [0.1, 0.15) is 17.8 Å². The van der Waals surface area contributed by atoms with Crippen molar-refractivity contribution >= 4 is 17.9 Å². The summed E-state index contributed by atoms with van der Waals surface area (Å²) in [5.74, 6) is 0. The molecule has 3 nitrogen and oxygen atoms in total. The Morgan fingerprint density at radius 3 is 2.80 bits per heavy atom. The standard InChI is InChI=1S/C11H7ClN2O/c12-11-5-10(13-7-14-11)9-3-1-2-8(4-9)6-15/h1-7H. The summed E-state index contributed by atoms with van der Waals surface area (Å²) in [7, 11) is 0. The van der Waals surface area contributed by atoms with Crippen molar-refractivity contribution in [3.05, 3.63) is 47.4 Å². The third kappa shape index (κ3) is 2.19. The number of hydrogen-bond donors (Lipinski definition) is 0. The van der Waals surface area contributed by atoms with Gasteiger partial charge in [-0.25, -0.2) is 9.97 Å². The highest BCUT2D eigenvalue weighted by Gasteiger charge is 2.01. The van der Waals surface area contributed by atoms with Crippen molar-refractivity contribution in [2.24, 2.45) is 0 Å². The minimum atomic E-state index is 0.386. The predicted octanol–water partition coefficient (Wildman–Crippen LogP) is 2.61. The fourth-order valence-electron chi connectivity index (χ4n) is 1.26. The first kappa shape index (κ1) is 9.80. The molecule has 1 aromatic carbocycles. The molecule has 2 rings (SSSR count). The smallest absolute Gasteiger partial charge is 0.150 e. The summed E-state index contributed by atoms with van der Waals surface area (Å²) in [5, 5.41) is 0.386. The van der Waals surface area contributed by atoms with Crippen LogP contribution >= 0.6 is 11.6 Å². The van der Waals surface area contributed by atoms with E-state index in [9.17, 15) is 4.79 Å². The summed E-state index contributed by atoms with van der Waals surface area (Å²) in [6, 6.07) is 8.82. The normalized spacial score (nSPS) is 9.93. The van der Waals surface area contributed by atoms with Gasteiger partial charge in [-0.15, -0.1) is 0 Å². The van der Waals surface area contributed by atoms with Crippen molar-refractivity contribution in [1.29, 1.82) is 0 Å². The van der Waals surface area contributed by atoms with Crippen LogP contribution in [-0.4, -0.2) is 16.3 Å².